The first kappa shape index (κ1) is 17.5. The third kappa shape index (κ3) is 3.92. The molecule has 0 bridgehead atoms. The molecule has 0 fully saturated rings. The number of carbonyl (C=O) groups excluding carboxylic acids is 3. The first-order chi connectivity index (χ1) is 11.3. The standard InChI is InChI=1S/C17H20N2O5/c1-17(2)9-10-5-6-11(7-12(10)15(21)19-17)18-13(16(22)24-4)8-14(20)23-3/h5-8,18H,9H2,1-4H3,(H,19,21)/b13-8+. The van der Waals surface area contributed by atoms with E-state index in [0.717, 1.165) is 11.6 Å². The van der Waals surface area contributed by atoms with Crippen LogP contribution in [0.4, 0.5) is 5.69 Å². The average molecular weight is 332 g/mol. The van der Waals surface area contributed by atoms with E-state index >= 15 is 0 Å². The summed E-state index contributed by atoms with van der Waals surface area (Å²) in [5, 5.41) is 5.71. The zero-order chi connectivity index (χ0) is 17.9. The Morgan fingerprint density at radius 3 is 2.58 bits per heavy atom. The lowest BCUT2D eigenvalue weighted by Crippen LogP contribution is -2.49. The van der Waals surface area contributed by atoms with Crippen molar-refractivity contribution in [2.24, 2.45) is 0 Å². The minimum Gasteiger partial charge on any atom is -0.466 e. The van der Waals surface area contributed by atoms with E-state index in [1.165, 1.54) is 14.2 Å². The Morgan fingerprint density at radius 2 is 1.96 bits per heavy atom. The van der Waals surface area contributed by atoms with Gasteiger partial charge in [0.05, 0.1) is 20.3 Å². The van der Waals surface area contributed by atoms with E-state index < -0.39 is 11.9 Å². The third-order valence-corrected chi connectivity index (χ3v) is 3.59. The Labute approximate surface area is 140 Å². The largest absolute Gasteiger partial charge is 0.466 e. The summed E-state index contributed by atoms with van der Waals surface area (Å²) in [5.74, 6) is -1.59. The van der Waals surface area contributed by atoms with Crippen molar-refractivity contribution in [3.63, 3.8) is 0 Å². The van der Waals surface area contributed by atoms with Crippen molar-refractivity contribution in [2.45, 2.75) is 25.8 Å². The molecule has 0 unspecified atom stereocenters. The molecule has 0 atom stereocenters. The minimum absolute atomic E-state index is 0.0825. The minimum atomic E-state index is -0.719. The van der Waals surface area contributed by atoms with E-state index in [2.05, 4.69) is 20.1 Å². The summed E-state index contributed by atoms with van der Waals surface area (Å²) in [6.45, 7) is 3.91. The summed E-state index contributed by atoms with van der Waals surface area (Å²) in [6.07, 6.45) is 1.70. The van der Waals surface area contributed by atoms with Gasteiger partial charge in [-0.15, -0.1) is 0 Å². The molecule has 2 N–H and O–H groups in total. The highest BCUT2D eigenvalue weighted by Crippen LogP contribution is 2.26. The van der Waals surface area contributed by atoms with Gasteiger partial charge in [-0.1, -0.05) is 6.07 Å². The second-order valence-corrected chi connectivity index (χ2v) is 6.08. The van der Waals surface area contributed by atoms with E-state index in [1.807, 2.05) is 19.9 Å². The molecule has 128 valence electrons. The van der Waals surface area contributed by atoms with Crippen LogP contribution in [0.2, 0.25) is 0 Å². The molecule has 0 radical (unpaired) electrons. The molecule has 24 heavy (non-hydrogen) atoms. The Kier molecular flexibility index (Phi) is 4.92. The topological polar surface area (TPSA) is 93.7 Å². The molecule has 1 amide bonds. The average Bonchev–Trinajstić information content (AvgIpc) is 2.52. The van der Waals surface area contributed by atoms with Crippen LogP contribution in [0.1, 0.15) is 29.8 Å². The lowest BCUT2D eigenvalue weighted by Gasteiger charge is -2.32. The van der Waals surface area contributed by atoms with E-state index in [-0.39, 0.29) is 17.1 Å². The van der Waals surface area contributed by atoms with Crippen LogP contribution in [0.3, 0.4) is 0 Å². The van der Waals surface area contributed by atoms with Crippen LogP contribution in [0.25, 0.3) is 0 Å². The van der Waals surface area contributed by atoms with Crippen molar-refractivity contribution in [3.05, 3.63) is 41.1 Å². The summed E-state index contributed by atoms with van der Waals surface area (Å²) >= 11 is 0. The van der Waals surface area contributed by atoms with Crippen molar-refractivity contribution in [2.75, 3.05) is 19.5 Å². The number of hydrogen-bond acceptors (Lipinski definition) is 6. The van der Waals surface area contributed by atoms with Gasteiger partial charge in [0.15, 0.2) is 0 Å². The van der Waals surface area contributed by atoms with E-state index in [4.69, 9.17) is 0 Å². The summed E-state index contributed by atoms with van der Waals surface area (Å²) in [5.41, 5.74) is 1.55. The molecule has 0 spiro atoms. The van der Waals surface area contributed by atoms with Gasteiger partial charge in [0.1, 0.15) is 5.70 Å². The number of benzene rings is 1. The van der Waals surface area contributed by atoms with E-state index in [9.17, 15) is 14.4 Å². The molecule has 7 nitrogen and oxygen atoms in total. The van der Waals surface area contributed by atoms with Gasteiger partial charge >= 0.3 is 11.9 Å². The second-order valence-electron chi connectivity index (χ2n) is 6.08. The highest BCUT2D eigenvalue weighted by atomic mass is 16.5. The summed E-state index contributed by atoms with van der Waals surface area (Å²) in [4.78, 5) is 35.4. The van der Waals surface area contributed by atoms with Crippen molar-refractivity contribution in [3.8, 4) is 0 Å². The number of anilines is 1. The third-order valence-electron chi connectivity index (χ3n) is 3.59. The van der Waals surface area contributed by atoms with Gasteiger partial charge in [-0.3, -0.25) is 4.79 Å². The summed E-state index contributed by atoms with van der Waals surface area (Å²) in [7, 11) is 2.41. The smallest absolute Gasteiger partial charge is 0.354 e. The number of ether oxygens (including phenoxy) is 2. The fraction of sp³-hybridized carbons (Fsp3) is 0.353. The number of carbonyl (C=O) groups is 3. The molecule has 7 heteroatoms. The van der Waals surface area contributed by atoms with Gasteiger partial charge in [0.2, 0.25) is 0 Å². The maximum Gasteiger partial charge on any atom is 0.354 e. The normalized spacial score (nSPS) is 15.8. The molecule has 0 aliphatic carbocycles. The molecule has 1 heterocycles. The molecule has 2 rings (SSSR count). The number of methoxy groups -OCH3 is 2. The Hall–Kier alpha value is -2.83. The lowest BCUT2D eigenvalue weighted by molar-refractivity contribution is -0.138. The number of esters is 2. The zero-order valence-corrected chi connectivity index (χ0v) is 14.1. The quantitative estimate of drug-likeness (QED) is 0.639. The van der Waals surface area contributed by atoms with Crippen LogP contribution in [-0.4, -0.2) is 37.6 Å². The Morgan fingerprint density at radius 1 is 1.25 bits per heavy atom. The predicted octanol–water partition coefficient (Wildman–Crippen LogP) is 1.39. The summed E-state index contributed by atoms with van der Waals surface area (Å²) in [6, 6.07) is 5.20. The number of hydrogen-bond donors (Lipinski definition) is 2. The van der Waals surface area contributed by atoms with E-state index in [0.29, 0.717) is 17.7 Å². The zero-order valence-electron chi connectivity index (χ0n) is 14.1. The van der Waals surface area contributed by atoms with E-state index in [1.54, 1.807) is 12.1 Å². The fourth-order valence-electron chi connectivity index (χ4n) is 2.50. The lowest BCUT2D eigenvalue weighted by atomic mass is 9.87. The molecule has 1 aromatic carbocycles. The van der Waals surface area contributed by atoms with Gasteiger partial charge in [0, 0.05) is 16.8 Å². The first-order valence-electron chi connectivity index (χ1n) is 7.36. The van der Waals surface area contributed by atoms with Crippen LogP contribution in [-0.2, 0) is 25.5 Å². The van der Waals surface area contributed by atoms with Crippen LogP contribution in [0.15, 0.2) is 30.0 Å². The van der Waals surface area contributed by atoms with Gasteiger partial charge in [0.25, 0.3) is 5.91 Å². The number of rotatable bonds is 4. The molecule has 0 saturated carbocycles. The molecule has 1 aliphatic heterocycles. The molecule has 0 saturated heterocycles. The van der Waals surface area contributed by atoms with Gasteiger partial charge in [-0.2, -0.15) is 0 Å². The maximum atomic E-state index is 12.2. The Bertz CT molecular complexity index is 722. The maximum absolute atomic E-state index is 12.2. The first-order valence-corrected chi connectivity index (χ1v) is 7.36. The van der Waals surface area contributed by atoms with Crippen LogP contribution in [0.5, 0.6) is 0 Å². The van der Waals surface area contributed by atoms with Gasteiger partial charge < -0.3 is 20.1 Å². The molecule has 1 aromatic rings. The monoisotopic (exact) mass is 332 g/mol. The van der Waals surface area contributed by atoms with Gasteiger partial charge in [-0.25, -0.2) is 9.59 Å². The van der Waals surface area contributed by atoms with Crippen molar-refractivity contribution in [1.29, 1.82) is 0 Å². The number of nitrogens with one attached hydrogen (secondary N) is 2. The van der Waals surface area contributed by atoms with Gasteiger partial charge in [-0.05, 0) is 38.0 Å². The fourth-order valence-corrected chi connectivity index (χ4v) is 2.50. The van der Waals surface area contributed by atoms with Crippen LogP contribution >= 0.6 is 0 Å². The molecule has 0 aromatic heterocycles. The second kappa shape index (κ2) is 6.74. The molecular weight excluding hydrogens is 312 g/mol. The number of fused-ring (bicyclic) bond motifs is 1. The predicted molar refractivity (Wildman–Crippen MR) is 87.4 cm³/mol. The van der Waals surface area contributed by atoms with Crippen LogP contribution in [0, 0.1) is 0 Å². The van der Waals surface area contributed by atoms with Crippen molar-refractivity contribution < 1.29 is 23.9 Å². The van der Waals surface area contributed by atoms with Crippen molar-refractivity contribution >= 4 is 23.5 Å². The highest BCUT2D eigenvalue weighted by Gasteiger charge is 2.30. The van der Waals surface area contributed by atoms with Crippen LogP contribution < -0.4 is 10.6 Å². The summed E-state index contributed by atoms with van der Waals surface area (Å²) < 4.78 is 9.15. The number of amides is 1. The molecular formula is C17H20N2O5. The van der Waals surface area contributed by atoms with Crippen molar-refractivity contribution in [1.82, 2.24) is 5.32 Å². The molecule has 1 aliphatic rings. The SMILES string of the molecule is COC(=O)/C=C(/Nc1ccc2c(c1)C(=O)NC(C)(C)C2)C(=O)OC. The highest BCUT2D eigenvalue weighted by molar-refractivity contribution is 6.00. The Balaban J connectivity index is 2.31.